The Kier molecular flexibility index (Phi) is 8.64. The second-order valence-corrected chi connectivity index (χ2v) is 8.79. The zero-order chi connectivity index (χ0) is 23.0. The van der Waals surface area contributed by atoms with Gasteiger partial charge in [-0.25, -0.2) is 17.2 Å². The van der Waals surface area contributed by atoms with Crippen molar-refractivity contribution in [2.45, 2.75) is 31.2 Å². The molecule has 7 nitrogen and oxygen atoms in total. The van der Waals surface area contributed by atoms with E-state index < -0.39 is 51.2 Å². The second kappa shape index (κ2) is 11.0. The molecule has 0 fully saturated rings. The molecule has 1 amide bonds. The Morgan fingerprint density at radius 3 is 2.29 bits per heavy atom. The van der Waals surface area contributed by atoms with Crippen LogP contribution in [0.3, 0.4) is 0 Å². The van der Waals surface area contributed by atoms with Crippen LogP contribution < -0.4 is 10.0 Å². The van der Waals surface area contributed by atoms with Gasteiger partial charge >= 0.3 is 5.97 Å². The van der Waals surface area contributed by atoms with Crippen LogP contribution >= 0.6 is 0 Å². The first-order chi connectivity index (χ1) is 14.6. The SMILES string of the molecule is CC(C)[C@H](NS(=O)(=O)c1ccccc1F)C(=O)OCC(=O)NCCc1ccc(F)cc1. The van der Waals surface area contributed by atoms with Crippen molar-refractivity contribution in [3.8, 4) is 0 Å². The number of carbonyl (C=O) groups excluding carboxylic acids is 2. The molecule has 10 heteroatoms. The molecule has 1 atom stereocenters. The summed E-state index contributed by atoms with van der Waals surface area (Å²) in [7, 11) is -4.32. The van der Waals surface area contributed by atoms with Crippen molar-refractivity contribution in [2.75, 3.05) is 13.2 Å². The summed E-state index contributed by atoms with van der Waals surface area (Å²) in [5.74, 6) is -3.36. The molecule has 0 aliphatic rings. The standard InChI is InChI=1S/C21H24F2N2O5S/c1-14(2)20(25-31(28,29)18-6-4-3-5-17(18)23)21(27)30-13-19(26)24-12-11-15-7-9-16(22)10-8-15/h3-10,14,20,25H,11-13H2,1-2H3,(H,24,26)/t20-/m0/s1. The maximum absolute atomic E-state index is 13.8. The van der Waals surface area contributed by atoms with Crippen LogP contribution in [-0.2, 0) is 30.8 Å². The smallest absolute Gasteiger partial charge is 0.324 e. The maximum atomic E-state index is 13.8. The third-order valence-corrected chi connectivity index (χ3v) is 5.80. The number of halogens is 2. The summed E-state index contributed by atoms with van der Waals surface area (Å²) < 4.78 is 58.7. The lowest BCUT2D eigenvalue weighted by Gasteiger charge is -2.21. The molecule has 0 unspecified atom stereocenters. The zero-order valence-corrected chi connectivity index (χ0v) is 17.9. The van der Waals surface area contributed by atoms with Crippen molar-refractivity contribution in [3.63, 3.8) is 0 Å². The Balaban J connectivity index is 1.88. The van der Waals surface area contributed by atoms with Crippen molar-refractivity contribution in [2.24, 2.45) is 5.92 Å². The highest BCUT2D eigenvalue weighted by molar-refractivity contribution is 7.89. The topological polar surface area (TPSA) is 102 Å². The van der Waals surface area contributed by atoms with E-state index in [9.17, 15) is 26.8 Å². The quantitative estimate of drug-likeness (QED) is 0.536. The van der Waals surface area contributed by atoms with Crippen LogP contribution in [0.25, 0.3) is 0 Å². The fraction of sp³-hybridized carbons (Fsp3) is 0.333. The van der Waals surface area contributed by atoms with Crippen LogP contribution in [0.15, 0.2) is 53.4 Å². The summed E-state index contributed by atoms with van der Waals surface area (Å²) in [5.41, 5.74) is 0.820. The summed E-state index contributed by atoms with van der Waals surface area (Å²) in [6, 6.07) is 9.28. The number of benzene rings is 2. The van der Waals surface area contributed by atoms with Gasteiger partial charge in [-0.15, -0.1) is 0 Å². The van der Waals surface area contributed by atoms with Crippen molar-refractivity contribution in [1.82, 2.24) is 10.0 Å². The fourth-order valence-electron chi connectivity index (χ4n) is 2.62. The first-order valence-corrected chi connectivity index (χ1v) is 11.0. The van der Waals surface area contributed by atoms with Crippen molar-refractivity contribution < 1.29 is 31.5 Å². The Morgan fingerprint density at radius 1 is 1.03 bits per heavy atom. The average molecular weight is 454 g/mol. The summed E-state index contributed by atoms with van der Waals surface area (Å²) in [5, 5.41) is 2.55. The molecule has 0 bridgehead atoms. The number of rotatable bonds is 10. The summed E-state index contributed by atoms with van der Waals surface area (Å²) in [6.45, 7) is 2.81. The molecule has 0 radical (unpaired) electrons. The maximum Gasteiger partial charge on any atom is 0.324 e. The highest BCUT2D eigenvalue weighted by Gasteiger charge is 2.31. The lowest BCUT2D eigenvalue weighted by Crippen LogP contribution is -2.46. The third kappa shape index (κ3) is 7.41. The molecule has 0 aliphatic carbocycles. The third-order valence-electron chi connectivity index (χ3n) is 4.32. The van der Waals surface area contributed by atoms with Crippen LogP contribution in [0.2, 0.25) is 0 Å². The molecule has 168 valence electrons. The molecule has 2 aromatic rings. The van der Waals surface area contributed by atoms with Crippen molar-refractivity contribution >= 4 is 21.9 Å². The van der Waals surface area contributed by atoms with E-state index in [1.807, 2.05) is 0 Å². The highest BCUT2D eigenvalue weighted by atomic mass is 32.2. The lowest BCUT2D eigenvalue weighted by atomic mass is 10.1. The molecule has 0 heterocycles. The number of ether oxygens (including phenoxy) is 1. The number of amides is 1. The molecular formula is C21H24F2N2O5S. The van der Waals surface area contributed by atoms with Gasteiger partial charge in [0.15, 0.2) is 6.61 Å². The van der Waals surface area contributed by atoms with Crippen LogP contribution in [-0.4, -0.2) is 39.5 Å². The summed E-state index contributed by atoms with van der Waals surface area (Å²) >= 11 is 0. The molecule has 31 heavy (non-hydrogen) atoms. The Morgan fingerprint density at radius 2 is 1.68 bits per heavy atom. The number of carbonyl (C=O) groups is 2. The molecule has 0 aromatic heterocycles. The Hall–Kier alpha value is -2.85. The van der Waals surface area contributed by atoms with Gasteiger partial charge in [0.2, 0.25) is 10.0 Å². The van der Waals surface area contributed by atoms with Gasteiger partial charge in [0.25, 0.3) is 5.91 Å². The predicted octanol–water partition coefficient (Wildman–Crippen LogP) is 2.17. The molecular weight excluding hydrogens is 430 g/mol. The molecule has 2 N–H and O–H groups in total. The van der Waals surface area contributed by atoms with Crippen molar-refractivity contribution in [1.29, 1.82) is 0 Å². The number of nitrogens with one attached hydrogen (secondary N) is 2. The molecule has 0 spiro atoms. The molecule has 0 aliphatic heterocycles. The lowest BCUT2D eigenvalue weighted by molar-refractivity contribution is -0.151. The normalized spacial score (nSPS) is 12.4. The number of esters is 1. The van der Waals surface area contributed by atoms with E-state index in [1.165, 1.54) is 24.3 Å². The molecule has 0 saturated heterocycles. The van der Waals surface area contributed by atoms with E-state index >= 15 is 0 Å². The Bertz CT molecular complexity index is 1010. The fourth-order valence-corrected chi connectivity index (χ4v) is 4.04. The Labute approximate surface area is 179 Å². The minimum absolute atomic E-state index is 0.246. The minimum atomic E-state index is -4.32. The predicted molar refractivity (Wildman–Crippen MR) is 109 cm³/mol. The van der Waals surface area contributed by atoms with Gasteiger partial charge in [-0.2, -0.15) is 4.72 Å². The largest absolute Gasteiger partial charge is 0.454 e. The average Bonchev–Trinajstić information content (AvgIpc) is 2.71. The van der Waals surface area contributed by atoms with Gasteiger partial charge in [0.05, 0.1) is 0 Å². The van der Waals surface area contributed by atoms with E-state index in [0.717, 1.165) is 17.7 Å². The van der Waals surface area contributed by atoms with Crippen LogP contribution in [0.5, 0.6) is 0 Å². The van der Waals surface area contributed by atoms with Gasteiger partial charge in [-0.05, 0) is 42.2 Å². The van der Waals surface area contributed by atoms with Gasteiger partial charge in [-0.3, -0.25) is 9.59 Å². The summed E-state index contributed by atoms with van der Waals surface area (Å²) in [6.07, 6.45) is 0.455. The van der Waals surface area contributed by atoms with Crippen LogP contribution in [0.4, 0.5) is 8.78 Å². The monoisotopic (exact) mass is 454 g/mol. The zero-order valence-electron chi connectivity index (χ0n) is 17.1. The molecule has 2 aromatic carbocycles. The van der Waals surface area contributed by atoms with Gasteiger partial charge < -0.3 is 10.1 Å². The molecule has 2 rings (SSSR count). The summed E-state index contributed by atoms with van der Waals surface area (Å²) in [4.78, 5) is 23.7. The number of hydrogen-bond donors (Lipinski definition) is 2. The van der Waals surface area contributed by atoms with E-state index in [-0.39, 0.29) is 12.4 Å². The van der Waals surface area contributed by atoms with Gasteiger partial charge in [0, 0.05) is 6.54 Å². The van der Waals surface area contributed by atoms with Crippen LogP contribution in [0, 0.1) is 17.6 Å². The highest BCUT2D eigenvalue weighted by Crippen LogP contribution is 2.16. The molecule has 0 saturated carbocycles. The van der Waals surface area contributed by atoms with E-state index in [0.29, 0.717) is 6.42 Å². The van der Waals surface area contributed by atoms with Crippen LogP contribution in [0.1, 0.15) is 19.4 Å². The first kappa shape index (κ1) is 24.4. The number of hydrogen-bond acceptors (Lipinski definition) is 5. The van der Waals surface area contributed by atoms with E-state index in [4.69, 9.17) is 4.74 Å². The minimum Gasteiger partial charge on any atom is -0.454 e. The van der Waals surface area contributed by atoms with Gasteiger partial charge in [-0.1, -0.05) is 38.1 Å². The van der Waals surface area contributed by atoms with Gasteiger partial charge in [0.1, 0.15) is 22.6 Å². The number of sulfonamides is 1. The van der Waals surface area contributed by atoms with Crippen molar-refractivity contribution in [3.05, 3.63) is 65.7 Å². The second-order valence-electron chi connectivity index (χ2n) is 7.11. The van der Waals surface area contributed by atoms with E-state index in [1.54, 1.807) is 26.0 Å². The first-order valence-electron chi connectivity index (χ1n) is 9.55. The van der Waals surface area contributed by atoms with E-state index in [2.05, 4.69) is 10.0 Å².